The van der Waals surface area contributed by atoms with Crippen LogP contribution in [0.2, 0.25) is 0 Å². The molecule has 1 fully saturated rings. The Bertz CT molecular complexity index is 778. The molecule has 0 unspecified atom stereocenters. The van der Waals surface area contributed by atoms with E-state index in [0.29, 0.717) is 18.2 Å². The molecule has 2 aromatic heterocycles. The van der Waals surface area contributed by atoms with Gasteiger partial charge in [-0.15, -0.1) is 0 Å². The summed E-state index contributed by atoms with van der Waals surface area (Å²) in [5.74, 6) is 0.968. The van der Waals surface area contributed by atoms with Gasteiger partial charge in [0, 0.05) is 26.1 Å². The summed E-state index contributed by atoms with van der Waals surface area (Å²) in [4.78, 5) is 12.8. The number of methoxy groups -OCH3 is 1. The number of hydrogen-bond donors (Lipinski definition) is 1. The van der Waals surface area contributed by atoms with Gasteiger partial charge < -0.3 is 10.1 Å². The monoisotopic (exact) mass is 358 g/mol. The van der Waals surface area contributed by atoms with Crippen molar-refractivity contribution in [1.29, 1.82) is 0 Å². The first-order chi connectivity index (χ1) is 12.3. The van der Waals surface area contributed by atoms with Crippen molar-refractivity contribution in [3.8, 4) is 0 Å². The molecule has 1 atom stereocenters. The molecule has 0 saturated heterocycles. The lowest BCUT2D eigenvalue weighted by Crippen LogP contribution is -2.27. The zero-order chi connectivity index (χ0) is 18.9. The molecule has 1 aliphatic carbocycles. The largest absolute Gasteiger partial charge is 0.378 e. The standard InChI is InChI=1S/C19H28N5O2/c1-19(2,3)24-17(11-15(22-24)13-8-6-7-9-13)20-18(25)16-10-14(12-26-5)21-23(16)4/h6,10-11,13H,7-9,12H2,1-5H3,(H,20,25)/t13-/m0/s1. The number of carbonyl (C=O) groups excluding carboxylic acids is 1. The Morgan fingerprint density at radius 3 is 2.73 bits per heavy atom. The highest BCUT2D eigenvalue weighted by Gasteiger charge is 2.26. The number of hydrogen-bond acceptors (Lipinski definition) is 4. The number of aryl methyl sites for hydroxylation is 1. The smallest absolute Gasteiger partial charge is 0.275 e. The van der Waals surface area contributed by atoms with E-state index >= 15 is 0 Å². The second-order valence-electron chi connectivity index (χ2n) is 7.87. The zero-order valence-electron chi connectivity index (χ0n) is 16.2. The maximum Gasteiger partial charge on any atom is 0.275 e. The van der Waals surface area contributed by atoms with E-state index in [1.54, 1.807) is 24.9 Å². The van der Waals surface area contributed by atoms with Crippen LogP contribution in [-0.4, -0.2) is 32.6 Å². The highest BCUT2D eigenvalue weighted by atomic mass is 16.5. The van der Waals surface area contributed by atoms with Crippen LogP contribution in [0.25, 0.3) is 0 Å². The number of amides is 1. The summed E-state index contributed by atoms with van der Waals surface area (Å²) in [7, 11) is 3.37. The SMILES string of the molecule is COCc1cc(C(=O)Nc2cc([C@H]3C[CH]CC3)nn2C(C)(C)C)n(C)n1. The van der Waals surface area contributed by atoms with E-state index < -0.39 is 0 Å². The Morgan fingerprint density at radius 2 is 2.12 bits per heavy atom. The molecule has 1 saturated carbocycles. The third-order valence-corrected chi connectivity index (χ3v) is 4.65. The Balaban J connectivity index is 1.87. The second kappa shape index (κ2) is 7.23. The van der Waals surface area contributed by atoms with Gasteiger partial charge in [0.15, 0.2) is 0 Å². The first-order valence-electron chi connectivity index (χ1n) is 9.05. The Morgan fingerprint density at radius 1 is 1.35 bits per heavy atom. The number of carbonyl (C=O) groups is 1. The van der Waals surface area contributed by atoms with Gasteiger partial charge >= 0.3 is 0 Å². The van der Waals surface area contributed by atoms with Crippen LogP contribution >= 0.6 is 0 Å². The van der Waals surface area contributed by atoms with Gasteiger partial charge in [-0.2, -0.15) is 10.2 Å². The Kier molecular flexibility index (Phi) is 5.18. The van der Waals surface area contributed by atoms with E-state index in [0.717, 1.165) is 36.5 Å². The van der Waals surface area contributed by atoms with E-state index in [1.165, 1.54) is 0 Å². The maximum atomic E-state index is 12.8. The number of nitrogens with one attached hydrogen (secondary N) is 1. The van der Waals surface area contributed by atoms with Gasteiger partial charge in [0.2, 0.25) is 0 Å². The number of rotatable bonds is 5. The van der Waals surface area contributed by atoms with Crippen LogP contribution in [0, 0.1) is 6.42 Å². The number of ether oxygens (including phenoxy) is 1. The summed E-state index contributed by atoms with van der Waals surface area (Å²) in [6.45, 7) is 6.63. The van der Waals surface area contributed by atoms with Gasteiger partial charge in [0.1, 0.15) is 11.5 Å². The molecule has 7 nitrogen and oxygen atoms in total. The molecule has 0 aromatic carbocycles. The molecule has 1 aliphatic rings. The second-order valence-corrected chi connectivity index (χ2v) is 7.87. The summed E-state index contributed by atoms with van der Waals surface area (Å²) in [6.07, 6.45) is 5.62. The van der Waals surface area contributed by atoms with Crippen LogP contribution < -0.4 is 5.32 Å². The minimum atomic E-state index is -0.225. The molecular weight excluding hydrogens is 330 g/mol. The highest BCUT2D eigenvalue weighted by molar-refractivity contribution is 6.02. The average Bonchev–Trinajstić information content (AvgIpc) is 3.25. The van der Waals surface area contributed by atoms with Crippen LogP contribution in [0.15, 0.2) is 12.1 Å². The summed E-state index contributed by atoms with van der Waals surface area (Å²) in [5, 5.41) is 12.1. The quantitative estimate of drug-likeness (QED) is 0.890. The fourth-order valence-electron chi connectivity index (χ4n) is 3.36. The summed E-state index contributed by atoms with van der Waals surface area (Å²) in [5.41, 5.74) is 2.05. The van der Waals surface area contributed by atoms with Gasteiger partial charge in [-0.3, -0.25) is 9.48 Å². The molecule has 3 rings (SSSR count). The van der Waals surface area contributed by atoms with Crippen molar-refractivity contribution in [3.63, 3.8) is 0 Å². The van der Waals surface area contributed by atoms with Crippen LogP contribution in [0.3, 0.4) is 0 Å². The lowest BCUT2D eigenvalue weighted by atomic mass is 10.0. The lowest BCUT2D eigenvalue weighted by molar-refractivity contribution is 0.101. The topological polar surface area (TPSA) is 74.0 Å². The highest BCUT2D eigenvalue weighted by Crippen LogP contribution is 2.35. The van der Waals surface area contributed by atoms with Gasteiger partial charge in [0.25, 0.3) is 5.91 Å². The Hall–Kier alpha value is -2.15. The predicted octanol–water partition coefficient (Wildman–Crippen LogP) is 3.24. The molecule has 1 amide bonds. The molecule has 141 valence electrons. The predicted molar refractivity (Wildman–Crippen MR) is 100.0 cm³/mol. The fourth-order valence-corrected chi connectivity index (χ4v) is 3.36. The molecule has 2 aromatic rings. The fraction of sp³-hybridized carbons (Fsp3) is 0.579. The normalized spacial score (nSPS) is 15.6. The van der Waals surface area contributed by atoms with Crippen molar-refractivity contribution >= 4 is 11.7 Å². The zero-order valence-corrected chi connectivity index (χ0v) is 16.2. The lowest BCUT2D eigenvalue weighted by Gasteiger charge is -2.22. The van der Waals surface area contributed by atoms with Crippen molar-refractivity contribution in [2.75, 3.05) is 12.4 Å². The molecule has 0 spiro atoms. The van der Waals surface area contributed by atoms with Gasteiger partial charge in [-0.1, -0.05) is 0 Å². The number of aromatic nitrogens is 4. The molecule has 1 radical (unpaired) electrons. The minimum absolute atomic E-state index is 0.197. The van der Waals surface area contributed by atoms with Crippen LogP contribution in [0.4, 0.5) is 5.82 Å². The first-order valence-corrected chi connectivity index (χ1v) is 9.05. The van der Waals surface area contributed by atoms with Gasteiger partial charge in [0.05, 0.1) is 23.5 Å². The molecule has 0 bridgehead atoms. The van der Waals surface area contributed by atoms with Gasteiger partial charge in [-0.25, -0.2) is 4.68 Å². The third kappa shape index (κ3) is 3.82. The van der Waals surface area contributed by atoms with E-state index in [1.807, 2.05) is 10.7 Å². The molecule has 26 heavy (non-hydrogen) atoms. The Labute approximate surface area is 154 Å². The summed E-state index contributed by atoms with van der Waals surface area (Å²) >= 11 is 0. The van der Waals surface area contributed by atoms with Crippen LogP contribution in [-0.2, 0) is 23.9 Å². The first kappa shape index (κ1) is 18.6. The third-order valence-electron chi connectivity index (χ3n) is 4.65. The van der Waals surface area contributed by atoms with E-state index in [4.69, 9.17) is 9.84 Å². The van der Waals surface area contributed by atoms with Crippen LogP contribution in [0.1, 0.15) is 67.8 Å². The van der Waals surface area contributed by atoms with Crippen molar-refractivity contribution in [1.82, 2.24) is 19.6 Å². The van der Waals surface area contributed by atoms with Crippen molar-refractivity contribution in [2.45, 2.75) is 58.1 Å². The molecule has 1 N–H and O–H groups in total. The van der Waals surface area contributed by atoms with Crippen molar-refractivity contribution in [3.05, 3.63) is 35.6 Å². The number of nitrogens with zero attached hydrogens (tertiary/aromatic N) is 4. The maximum absolute atomic E-state index is 12.8. The summed E-state index contributed by atoms with van der Waals surface area (Å²) in [6, 6.07) is 3.77. The number of anilines is 1. The van der Waals surface area contributed by atoms with E-state index in [9.17, 15) is 4.79 Å². The van der Waals surface area contributed by atoms with Gasteiger partial charge in [-0.05, 0) is 52.5 Å². The van der Waals surface area contributed by atoms with Crippen molar-refractivity contribution < 1.29 is 9.53 Å². The molecule has 7 heteroatoms. The minimum Gasteiger partial charge on any atom is -0.378 e. The van der Waals surface area contributed by atoms with Crippen molar-refractivity contribution in [2.24, 2.45) is 7.05 Å². The molecular formula is C19H28N5O2. The summed E-state index contributed by atoms with van der Waals surface area (Å²) < 4.78 is 8.58. The van der Waals surface area contributed by atoms with E-state index in [-0.39, 0.29) is 11.4 Å². The average molecular weight is 358 g/mol. The molecule has 2 heterocycles. The van der Waals surface area contributed by atoms with Crippen LogP contribution in [0.5, 0.6) is 0 Å². The van der Waals surface area contributed by atoms with E-state index in [2.05, 4.69) is 37.6 Å². The molecule has 0 aliphatic heterocycles.